The molecule has 0 aliphatic heterocycles. The minimum absolute atomic E-state index is 0.111. The van der Waals surface area contributed by atoms with E-state index >= 15 is 0 Å². The van der Waals surface area contributed by atoms with Crippen molar-refractivity contribution in [2.45, 2.75) is 19.8 Å². The summed E-state index contributed by atoms with van der Waals surface area (Å²) in [7, 11) is -1.56. The fraction of sp³-hybridized carbons (Fsp3) is 0.500. The number of sulfonamides is 1. The maximum Gasteiger partial charge on any atom is 0.211 e. The van der Waals surface area contributed by atoms with Gasteiger partial charge < -0.3 is 4.74 Å². The van der Waals surface area contributed by atoms with Gasteiger partial charge in [-0.25, -0.2) is 13.1 Å². The van der Waals surface area contributed by atoms with Gasteiger partial charge in [-0.3, -0.25) is 0 Å². The Bertz CT molecular complexity index is 443. The van der Waals surface area contributed by atoms with E-state index in [0.29, 0.717) is 13.0 Å². The highest BCUT2D eigenvalue weighted by molar-refractivity contribution is 7.89. The molecule has 0 radical (unpaired) electrons. The zero-order chi connectivity index (χ0) is 12.7. The molecule has 0 amide bonds. The molecule has 0 aromatic heterocycles. The van der Waals surface area contributed by atoms with Crippen LogP contribution in [0.5, 0.6) is 5.75 Å². The maximum absolute atomic E-state index is 11.6. The second-order valence-electron chi connectivity index (χ2n) is 3.81. The second kappa shape index (κ2) is 6.61. The van der Waals surface area contributed by atoms with Crippen LogP contribution >= 0.6 is 0 Å². The van der Waals surface area contributed by atoms with Crippen molar-refractivity contribution in [3.63, 3.8) is 0 Å². The number of rotatable bonds is 7. The number of hydrogen-bond donors (Lipinski definition) is 1. The molecule has 0 heterocycles. The monoisotopic (exact) mass is 257 g/mol. The number of methoxy groups -OCH3 is 1. The first-order chi connectivity index (χ1) is 8.07. The first kappa shape index (κ1) is 14.0. The molecule has 0 unspecified atom stereocenters. The third kappa shape index (κ3) is 5.19. The average molecular weight is 257 g/mol. The van der Waals surface area contributed by atoms with Crippen molar-refractivity contribution in [1.82, 2.24) is 4.72 Å². The van der Waals surface area contributed by atoms with Gasteiger partial charge in [0, 0.05) is 6.54 Å². The second-order valence-corrected chi connectivity index (χ2v) is 5.74. The molecule has 0 aliphatic carbocycles. The molecule has 0 aliphatic rings. The molecule has 0 fully saturated rings. The zero-order valence-electron chi connectivity index (χ0n) is 10.3. The van der Waals surface area contributed by atoms with Gasteiger partial charge in [0.05, 0.1) is 12.9 Å². The largest absolute Gasteiger partial charge is 0.497 e. The Hall–Kier alpha value is -1.07. The maximum atomic E-state index is 11.6. The molecule has 96 valence electrons. The lowest BCUT2D eigenvalue weighted by atomic mass is 10.2. The highest BCUT2D eigenvalue weighted by Gasteiger charge is 2.09. The van der Waals surface area contributed by atoms with E-state index in [1.165, 1.54) is 0 Å². The number of nitrogens with one attached hydrogen (secondary N) is 1. The van der Waals surface area contributed by atoms with Gasteiger partial charge in [0.15, 0.2) is 0 Å². The van der Waals surface area contributed by atoms with Crippen LogP contribution in [0.4, 0.5) is 0 Å². The molecule has 0 saturated heterocycles. The van der Waals surface area contributed by atoms with Crippen LogP contribution < -0.4 is 9.46 Å². The van der Waals surface area contributed by atoms with Crippen LogP contribution in [-0.2, 0) is 16.4 Å². The zero-order valence-corrected chi connectivity index (χ0v) is 11.1. The van der Waals surface area contributed by atoms with Crippen LogP contribution in [0.3, 0.4) is 0 Å². The Kier molecular flexibility index (Phi) is 5.44. The summed E-state index contributed by atoms with van der Waals surface area (Å²) in [4.78, 5) is 0. The first-order valence-corrected chi connectivity index (χ1v) is 7.33. The van der Waals surface area contributed by atoms with Gasteiger partial charge >= 0.3 is 0 Å². The van der Waals surface area contributed by atoms with E-state index in [9.17, 15) is 8.42 Å². The summed E-state index contributed by atoms with van der Waals surface area (Å²) in [6.45, 7) is 2.44. The molecule has 0 spiro atoms. The van der Waals surface area contributed by atoms with E-state index in [1.807, 2.05) is 31.2 Å². The van der Waals surface area contributed by atoms with Gasteiger partial charge in [-0.1, -0.05) is 19.1 Å². The summed E-state index contributed by atoms with van der Waals surface area (Å²) in [5, 5.41) is 0. The molecular weight excluding hydrogens is 238 g/mol. The van der Waals surface area contributed by atoms with Gasteiger partial charge in [-0.05, 0) is 30.5 Å². The van der Waals surface area contributed by atoms with Crippen LogP contribution in [-0.4, -0.2) is 27.8 Å². The van der Waals surface area contributed by atoms with Crippen molar-refractivity contribution < 1.29 is 13.2 Å². The molecule has 1 aromatic rings. The van der Waals surface area contributed by atoms with Crippen LogP contribution in [0.15, 0.2) is 24.3 Å². The summed E-state index contributed by atoms with van der Waals surface area (Å²) in [5.41, 5.74) is 0.964. The molecule has 17 heavy (non-hydrogen) atoms. The molecule has 4 nitrogen and oxygen atoms in total. The molecular formula is C12H19NO3S. The highest BCUT2D eigenvalue weighted by atomic mass is 32.2. The van der Waals surface area contributed by atoms with Crippen LogP contribution in [0, 0.1) is 0 Å². The van der Waals surface area contributed by atoms with Crippen LogP contribution in [0.1, 0.15) is 18.9 Å². The number of hydrogen-bond acceptors (Lipinski definition) is 3. The third-order valence-corrected chi connectivity index (χ3v) is 3.75. The van der Waals surface area contributed by atoms with E-state index in [0.717, 1.165) is 17.7 Å². The number of ether oxygens (including phenoxy) is 1. The molecule has 1 N–H and O–H groups in total. The average Bonchev–Trinajstić information content (AvgIpc) is 2.34. The molecule has 1 aromatic carbocycles. The van der Waals surface area contributed by atoms with Crippen molar-refractivity contribution in [3.8, 4) is 5.75 Å². The predicted molar refractivity (Wildman–Crippen MR) is 68.8 cm³/mol. The van der Waals surface area contributed by atoms with E-state index in [1.54, 1.807) is 7.11 Å². The van der Waals surface area contributed by atoms with Gasteiger partial charge in [0.2, 0.25) is 10.0 Å². The van der Waals surface area contributed by atoms with Crippen molar-refractivity contribution in [2.75, 3.05) is 19.4 Å². The smallest absolute Gasteiger partial charge is 0.211 e. The van der Waals surface area contributed by atoms with Gasteiger partial charge in [0.25, 0.3) is 0 Å². The standard InChI is InChI=1S/C12H19NO3S/c1-3-8-13-17(14,15)9-7-11-5-4-6-12(10-11)16-2/h4-6,10,13H,3,7-9H2,1-2H3. The van der Waals surface area contributed by atoms with Crippen molar-refractivity contribution in [2.24, 2.45) is 0 Å². The summed E-state index contributed by atoms with van der Waals surface area (Å²) >= 11 is 0. The molecule has 1 rings (SSSR count). The normalized spacial score (nSPS) is 11.4. The van der Waals surface area contributed by atoms with E-state index in [-0.39, 0.29) is 5.75 Å². The SMILES string of the molecule is CCCNS(=O)(=O)CCc1cccc(OC)c1. The first-order valence-electron chi connectivity index (χ1n) is 5.67. The summed E-state index contributed by atoms with van der Waals surface area (Å²) < 4.78 is 30.8. The fourth-order valence-electron chi connectivity index (χ4n) is 1.41. The Morgan fingerprint density at radius 1 is 1.35 bits per heavy atom. The fourth-order valence-corrected chi connectivity index (χ4v) is 2.57. The molecule has 0 saturated carbocycles. The van der Waals surface area contributed by atoms with Gasteiger partial charge in [-0.2, -0.15) is 0 Å². The van der Waals surface area contributed by atoms with Crippen molar-refractivity contribution in [1.29, 1.82) is 0 Å². The minimum Gasteiger partial charge on any atom is -0.497 e. The lowest BCUT2D eigenvalue weighted by Gasteiger charge is -2.06. The topological polar surface area (TPSA) is 55.4 Å². The summed E-state index contributed by atoms with van der Waals surface area (Å²) in [6.07, 6.45) is 1.30. The number of aryl methyl sites for hydroxylation is 1. The Morgan fingerprint density at radius 3 is 2.76 bits per heavy atom. The van der Waals surface area contributed by atoms with Gasteiger partial charge in [0.1, 0.15) is 5.75 Å². The minimum atomic E-state index is -3.15. The van der Waals surface area contributed by atoms with E-state index < -0.39 is 10.0 Å². The Balaban J connectivity index is 2.54. The van der Waals surface area contributed by atoms with Gasteiger partial charge in [-0.15, -0.1) is 0 Å². The Labute approximate surface area is 103 Å². The number of benzene rings is 1. The molecule has 5 heteroatoms. The predicted octanol–water partition coefficient (Wildman–Crippen LogP) is 1.57. The molecule has 0 bridgehead atoms. The lowest BCUT2D eigenvalue weighted by molar-refractivity contribution is 0.414. The quantitative estimate of drug-likeness (QED) is 0.806. The molecule has 0 atom stereocenters. The van der Waals surface area contributed by atoms with E-state index in [4.69, 9.17) is 4.74 Å². The van der Waals surface area contributed by atoms with Crippen molar-refractivity contribution in [3.05, 3.63) is 29.8 Å². The summed E-state index contributed by atoms with van der Waals surface area (Å²) in [5.74, 6) is 0.863. The van der Waals surface area contributed by atoms with Crippen LogP contribution in [0.2, 0.25) is 0 Å². The van der Waals surface area contributed by atoms with E-state index in [2.05, 4.69) is 4.72 Å². The van der Waals surface area contributed by atoms with Crippen molar-refractivity contribution >= 4 is 10.0 Å². The highest BCUT2D eigenvalue weighted by Crippen LogP contribution is 2.13. The Morgan fingerprint density at radius 2 is 2.12 bits per heavy atom. The van der Waals surface area contributed by atoms with Crippen LogP contribution in [0.25, 0.3) is 0 Å². The lowest BCUT2D eigenvalue weighted by Crippen LogP contribution is -2.27. The third-order valence-electron chi connectivity index (χ3n) is 2.37. The summed E-state index contributed by atoms with van der Waals surface area (Å²) in [6, 6.07) is 7.46.